The van der Waals surface area contributed by atoms with Crippen molar-refractivity contribution in [2.24, 2.45) is 9.98 Å². The van der Waals surface area contributed by atoms with Crippen LogP contribution >= 0.6 is 0 Å². The molecular formula is C39H60N2. The SMILES string of the molecule is CCCCCCCCCCCC=CC(=Nc1ccc(CC)c(CC)c1)C(CCCC)=Nc1ccc(CC)c(CC)c1. The molecule has 0 amide bonds. The van der Waals surface area contributed by atoms with Gasteiger partial charge in [-0.05, 0) is 104 Å². The van der Waals surface area contributed by atoms with Gasteiger partial charge in [0.25, 0.3) is 0 Å². The van der Waals surface area contributed by atoms with Crippen molar-refractivity contribution in [3.05, 3.63) is 70.8 Å². The van der Waals surface area contributed by atoms with Crippen molar-refractivity contribution in [1.29, 1.82) is 0 Å². The molecule has 0 fully saturated rings. The molecule has 2 rings (SSSR count). The van der Waals surface area contributed by atoms with Gasteiger partial charge < -0.3 is 0 Å². The van der Waals surface area contributed by atoms with Crippen molar-refractivity contribution >= 4 is 22.8 Å². The summed E-state index contributed by atoms with van der Waals surface area (Å²) in [4.78, 5) is 10.5. The lowest BCUT2D eigenvalue weighted by molar-refractivity contribution is 0.566. The van der Waals surface area contributed by atoms with E-state index in [2.05, 4.69) is 90.1 Å². The lowest BCUT2D eigenvalue weighted by Gasteiger charge is -2.11. The maximum absolute atomic E-state index is 5.26. The van der Waals surface area contributed by atoms with Gasteiger partial charge in [-0.2, -0.15) is 0 Å². The molecule has 0 aromatic heterocycles. The zero-order valence-electron chi connectivity index (χ0n) is 27.5. The number of unbranched alkanes of at least 4 members (excludes halogenated alkanes) is 10. The maximum Gasteiger partial charge on any atom is 0.0848 e. The highest BCUT2D eigenvalue weighted by Crippen LogP contribution is 2.24. The van der Waals surface area contributed by atoms with Crippen LogP contribution < -0.4 is 0 Å². The molecular weight excluding hydrogens is 496 g/mol. The van der Waals surface area contributed by atoms with Crippen molar-refractivity contribution in [2.45, 2.75) is 151 Å². The van der Waals surface area contributed by atoms with Crippen molar-refractivity contribution in [3.8, 4) is 0 Å². The van der Waals surface area contributed by atoms with Gasteiger partial charge in [-0.1, -0.05) is 118 Å². The second-order valence-electron chi connectivity index (χ2n) is 11.5. The van der Waals surface area contributed by atoms with Crippen LogP contribution in [-0.2, 0) is 25.7 Å². The molecule has 0 radical (unpaired) electrons. The fourth-order valence-electron chi connectivity index (χ4n) is 5.56. The Morgan fingerprint density at radius 3 is 1.54 bits per heavy atom. The molecule has 2 aromatic carbocycles. The lowest BCUT2D eigenvalue weighted by Crippen LogP contribution is -2.12. The van der Waals surface area contributed by atoms with Gasteiger partial charge in [0.15, 0.2) is 0 Å². The normalized spacial score (nSPS) is 12.5. The highest BCUT2D eigenvalue weighted by molar-refractivity contribution is 6.47. The minimum Gasteiger partial charge on any atom is -0.251 e. The number of nitrogens with zero attached hydrogens (tertiary/aromatic N) is 2. The molecule has 0 unspecified atom stereocenters. The van der Waals surface area contributed by atoms with Gasteiger partial charge in [-0.15, -0.1) is 0 Å². The summed E-state index contributed by atoms with van der Waals surface area (Å²) in [5.41, 5.74) is 9.91. The lowest BCUT2D eigenvalue weighted by atomic mass is 10.0. The van der Waals surface area contributed by atoms with Gasteiger partial charge in [0.1, 0.15) is 0 Å². The Morgan fingerprint density at radius 1 is 0.537 bits per heavy atom. The monoisotopic (exact) mass is 556 g/mol. The first kappa shape index (κ1) is 34.7. The zero-order chi connectivity index (χ0) is 29.7. The highest BCUT2D eigenvalue weighted by atomic mass is 14.8. The third kappa shape index (κ3) is 12.9. The average Bonchev–Trinajstić information content (AvgIpc) is 3.01. The molecule has 0 heterocycles. The van der Waals surface area contributed by atoms with E-state index in [0.29, 0.717) is 0 Å². The van der Waals surface area contributed by atoms with Crippen LogP contribution in [0, 0.1) is 0 Å². The van der Waals surface area contributed by atoms with Crippen molar-refractivity contribution in [2.75, 3.05) is 0 Å². The van der Waals surface area contributed by atoms with E-state index in [-0.39, 0.29) is 0 Å². The first-order valence-corrected chi connectivity index (χ1v) is 17.2. The largest absolute Gasteiger partial charge is 0.251 e. The maximum atomic E-state index is 5.26. The number of benzene rings is 2. The molecule has 2 nitrogen and oxygen atoms in total. The quantitative estimate of drug-likeness (QED) is 0.108. The molecule has 0 saturated carbocycles. The Hall–Kier alpha value is -2.48. The van der Waals surface area contributed by atoms with Crippen LogP contribution in [0.4, 0.5) is 11.4 Å². The van der Waals surface area contributed by atoms with Crippen molar-refractivity contribution in [3.63, 3.8) is 0 Å². The van der Waals surface area contributed by atoms with Gasteiger partial charge in [0.05, 0.1) is 22.8 Å². The molecule has 0 N–H and O–H groups in total. The number of rotatable bonds is 21. The van der Waals surface area contributed by atoms with Crippen LogP contribution in [0.1, 0.15) is 147 Å². The Bertz CT molecular complexity index is 1090. The summed E-state index contributed by atoms with van der Waals surface area (Å²) in [5.74, 6) is 0. The third-order valence-corrected chi connectivity index (χ3v) is 8.23. The van der Waals surface area contributed by atoms with Crippen LogP contribution in [0.15, 0.2) is 58.5 Å². The molecule has 0 spiro atoms. The first-order chi connectivity index (χ1) is 20.1. The van der Waals surface area contributed by atoms with Crippen molar-refractivity contribution in [1.82, 2.24) is 0 Å². The molecule has 0 saturated heterocycles. The van der Waals surface area contributed by atoms with Gasteiger partial charge in [0, 0.05) is 0 Å². The topological polar surface area (TPSA) is 24.7 Å². The van der Waals surface area contributed by atoms with E-state index in [9.17, 15) is 0 Å². The van der Waals surface area contributed by atoms with E-state index in [0.717, 1.165) is 74.2 Å². The summed E-state index contributed by atoms with van der Waals surface area (Å²) in [7, 11) is 0. The molecule has 2 aromatic rings. The van der Waals surface area contributed by atoms with Gasteiger partial charge >= 0.3 is 0 Å². The number of aryl methyl sites for hydroxylation is 4. The molecule has 0 aliphatic carbocycles. The predicted octanol–water partition coefficient (Wildman–Crippen LogP) is 12.4. The number of aliphatic imine (C=N–C) groups is 2. The van der Waals surface area contributed by atoms with E-state index < -0.39 is 0 Å². The second kappa shape index (κ2) is 21.3. The molecule has 2 heteroatoms. The molecule has 0 atom stereocenters. The summed E-state index contributed by atoms with van der Waals surface area (Å²) in [6.45, 7) is 13.5. The van der Waals surface area contributed by atoms with Crippen LogP contribution in [0.5, 0.6) is 0 Å². The Morgan fingerprint density at radius 2 is 1.02 bits per heavy atom. The third-order valence-electron chi connectivity index (χ3n) is 8.23. The summed E-state index contributed by atoms with van der Waals surface area (Å²) in [6.07, 6.45) is 25.4. The van der Waals surface area contributed by atoms with Crippen LogP contribution in [0.25, 0.3) is 0 Å². The minimum absolute atomic E-state index is 0.947. The number of hydrogen-bond acceptors (Lipinski definition) is 2. The zero-order valence-corrected chi connectivity index (χ0v) is 27.5. The van der Waals surface area contributed by atoms with Crippen LogP contribution in [-0.4, -0.2) is 11.4 Å². The Kier molecular flexibility index (Phi) is 18.0. The molecule has 0 aliphatic rings. The van der Waals surface area contributed by atoms with Crippen LogP contribution in [0.3, 0.4) is 0 Å². The first-order valence-electron chi connectivity index (χ1n) is 17.2. The fourth-order valence-corrected chi connectivity index (χ4v) is 5.56. The number of hydrogen-bond donors (Lipinski definition) is 0. The molecule has 0 aliphatic heterocycles. The standard InChI is InChI=1S/C39H60N2/c1-7-13-15-16-17-18-19-20-21-22-23-25-39(41-37-29-27-33(10-4)35(12-6)31-37)38(24-14-8-2)40-36-28-26-32(9-3)34(11-5)30-36/h23,25-31H,7-22,24H2,1-6H3. The Balaban J connectivity index is 2.29. The average molecular weight is 557 g/mol. The van der Waals surface area contributed by atoms with E-state index in [1.165, 1.54) is 80.0 Å². The summed E-state index contributed by atoms with van der Waals surface area (Å²) in [5, 5.41) is 0. The van der Waals surface area contributed by atoms with Gasteiger partial charge in [0.2, 0.25) is 0 Å². The fraction of sp³-hybridized carbons (Fsp3) is 0.590. The molecule has 0 bridgehead atoms. The van der Waals surface area contributed by atoms with Crippen molar-refractivity contribution < 1.29 is 0 Å². The van der Waals surface area contributed by atoms with E-state index in [1.54, 1.807) is 0 Å². The van der Waals surface area contributed by atoms with Gasteiger partial charge in [-0.3, -0.25) is 4.99 Å². The van der Waals surface area contributed by atoms with E-state index in [4.69, 9.17) is 9.98 Å². The summed E-state index contributed by atoms with van der Waals surface area (Å²) < 4.78 is 0. The highest BCUT2D eigenvalue weighted by Gasteiger charge is 2.10. The Labute approximate surface area is 253 Å². The second-order valence-corrected chi connectivity index (χ2v) is 11.5. The smallest absolute Gasteiger partial charge is 0.0848 e. The molecule has 226 valence electrons. The van der Waals surface area contributed by atoms with E-state index in [1.807, 2.05) is 0 Å². The number of allylic oxidation sites excluding steroid dienone is 2. The predicted molar refractivity (Wildman–Crippen MR) is 185 cm³/mol. The summed E-state index contributed by atoms with van der Waals surface area (Å²) in [6, 6.07) is 13.5. The van der Waals surface area contributed by atoms with Crippen LogP contribution in [0.2, 0.25) is 0 Å². The van der Waals surface area contributed by atoms with E-state index >= 15 is 0 Å². The van der Waals surface area contributed by atoms with Gasteiger partial charge in [-0.25, -0.2) is 4.99 Å². The minimum atomic E-state index is 0.947. The summed E-state index contributed by atoms with van der Waals surface area (Å²) >= 11 is 0. The molecule has 41 heavy (non-hydrogen) atoms.